The molecule has 0 saturated heterocycles. The number of benzene rings is 1. The highest BCUT2D eigenvalue weighted by Gasteiger charge is 1.98. The average Bonchev–Trinajstić information content (AvgIpc) is 2.23. The van der Waals surface area contributed by atoms with E-state index in [9.17, 15) is 4.79 Å². The molecule has 0 aromatic heterocycles. The van der Waals surface area contributed by atoms with Gasteiger partial charge in [0.15, 0.2) is 0 Å². The molecule has 0 aliphatic rings. The summed E-state index contributed by atoms with van der Waals surface area (Å²) in [5, 5.41) is 0. The van der Waals surface area contributed by atoms with Crippen LogP contribution in [0.3, 0.4) is 0 Å². The Morgan fingerprint density at radius 1 is 1.47 bits per heavy atom. The van der Waals surface area contributed by atoms with Crippen LogP contribution < -0.4 is 0 Å². The Labute approximate surface area is 106 Å². The Morgan fingerprint density at radius 2 is 2.20 bits per heavy atom. The van der Waals surface area contributed by atoms with Crippen LogP contribution >= 0.6 is 31.9 Å². The monoisotopic (exact) mass is 332 g/mol. The van der Waals surface area contributed by atoms with Crippen molar-refractivity contribution in [1.82, 2.24) is 0 Å². The van der Waals surface area contributed by atoms with Gasteiger partial charge in [-0.15, -0.1) is 0 Å². The largest absolute Gasteiger partial charge is 0.469 e. The zero-order chi connectivity index (χ0) is 11.3. The maximum absolute atomic E-state index is 10.9. The van der Waals surface area contributed by atoms with Gasteiger partial charge in [0, 0.05) is 8.95 Å². The molecule has 0 fully saturated rings. The van der Waals surface area contributed by atoms with Crippen LogP contribution in [0.5, 0.6) is 0 Å². The SMILES string of the molecule is COC(=O)CC=Cc1cc(Br)ccc1Br. The Bertz CT molecular complexity index is 386. The van der Waals surface area contributed by atoms with Crippen LogP contribution in [0.1, 0.15) is 12.0 Å². The predicted octanol–water partition coefficient (Wildman–Crippen LogP) is 3.79. The topological polar surface area (TPSA) is 26.3 Å². The molecule has 0 aliphatic carbocycles. The highest BCUT2D eigenvalue weighted by molar-refractivity contribution is 9.11. The number of carbonyl (C=O) groups excluding carboxylic acids is 1. The van der Waals surface area contributed by atoms with Gasteiger partial charge in [-0.2, -0.15) is 0 Å². The van der Waals surface area contributed by atoms with Crippen molar-refractivity contribution in [1.29, 1.82) is 0 Å². The number of ether oxygens (including phenoxy) is 1. The van der Waals surface area contributed by atoms with Crippen LogP contribution in [0.4, 0.5) is 0 Å². The Kier molecular flexibility index (Phi) is 5.05. The van der Waals surface area contributed by atoms with Crippen LogP contribution in [-0.4, -0.2) is 13.1 Å². The molecule has 0 radical (unpaired) electrons. The molecule has 0 unspecified atom stereocenters. The minimum Gasteiger partial charge on any atom is -0.469 e. The van der Waals surface area contributed by atoms with E-state index < -0.39 is 0 Å². The molecule has 80 valence electrons. The predicted molar refractivity (Wildman–Crippen MR) is 67.5 cm³/mol. The number of methoxy groups -OCH3 is 1. The molecule has 15 heavy (non-hydrogen) atoms. The molecule has 0 heterocycles. The van der Waals surface area contributed by atoms with Crippen LogP contribution in [0.15, 0.2) is 33.2 Å². The molecule has 2 nitrogen and oxygen atoms in total. The van der Waals surface area contributed by atoms with Crippen molar-refractivity contribution in [3.63, 3.8) is 0 Å². The van der Waals surface area contributed by atoms with E-state index >= 15 is 0 Å². The van der Waals surface area contributed by atoms with E-state index in [2.05, 4.69) is 36.6 Å². The lowest BCUT2D eigenvalue weighted by Crippen LogP contribution is -1.96. The van der Waals surface area contributed by atoms with E-state index in [1.807, 2.05) is 24.3 Å². The summed E-state index contributed by atoms with van der Waals surface area (Å²) in [5.41, 5.74) is 1.02. The first-order valence-corrected chi connectivity index (χ1v) is 5.90. The van der Waals surface area contributed by atoms with Crippen molar-refractivity contribution in [3.05, 3.63) is 38.8 Å². The fourth-order valence-electron chi connectivity index (χ4n) is 1.01. The third kappa shape index (κ3) is 4.18. The summed E-state index contributed by atoms with van der Waals surface area (Å²) in [6, 6.07) is 5.86. The lowest BCUT2D eigenvalue weighted by Gasteiger charge is -1.99. The van der Waals surface area contributed by atoms with Crippen LogP contribution in [-0.2, 0) is 9.53 Å². The van der Waals surface area contributed by atoms with E-state index in [1.165, 1.54) is 7.11 Å². The first-order chi connectivity index (χ1) is 7.13. The summed E-state index contributed by atoms with van der Waals surface area (Å²) < 4.78 is 6.53. The Balaban J connectivity index is 2.71. The van der Waals surface area contributed by atoms with Gasteiger partial charge in [-0.05, 0) is 23.8 Å². The summed E-state index contributed by atoms with van der Waals surface area (Å²) >= 11 is 6.81. The maximum Gasteiger partial charge on any atom is 0.309 e. The quantitative estimate of drug-likeness (QED) is 0.787. The summed E-state index contributed by atoms with van der Waals surface area (Å²) in [5.74, 6) is -0.239. The van der Waals surface area contributed by atoms with E-state index in [0.717, 1.165) is 14.5 Å². The second kappa shape index (κ2) is 6.08. The summed E-state index contributed by atoms with van der Waals surface area (Å²) in [6.07, 6.45) is 3.94. The number of halogens is 2. The summed E-state index contributed by atoms with van der Waals surface area (Å²) in [6.45, 7) is 0. The van der Waals surface area contributed by atoms with Crippen molar-refractivity contribution in [2.45, 2.75) is 6.42 Å². The first kappa shape index (κ1) is 12.5. The molecule has 4 heteroatoms. The molecular formula is C11H10Br2O2. The molecule has 0 spiro atoms. The van der Waals surface area contributed by atoms with Gasteiger partial charge in [0.1, 0.15) is 0 Å². The van der Waals surface area contributed by atoms with E-state index in [1.54, 1.807) is 6.08 Å². The molecule has 0 N–H and O–H groups in total. The summed E-state index contributed by atoms with van der Waals surface area (Å²) in [4.78, 5) is 10.9. The van der Waals surface area contributed by atoms with Gasteiger partial charge in [0.2, 0.25) is 0 Å². The number of rotatable bonds is 3. The number of esters is 1. The molecule has 0 saturated carbocycles. The Hall–Kier alpha value is -0.610. The smallest absolute Gasteiger partial charge is 0.309 e. The maximum atomic E-state index is 10.9. The second-order valence-corrected chi connectivity index (χ2v) is 4.62. The highest BCUT2D eigenvalue weighted by Crippen LogP contribution is 2.22. The molecule has 0 aliphatic heterocycles. The van der Waals surface area contributed by atoms with E-state index in [4.69, 9.17) is 0 Å². The third-order valence-electron chi connectivity index (χ3n) is 1.77. The molecule has 1 rings (SSSR count). The minimum atomic E-state index is -0.239. The van der Waals surface area contributed by atoms with Crippen molar-refractivity contribution in [2.75, 3.05) is 7.11 Å². The van der Waals surface area contributed by atoms with Crippen LogP contribution in [0, 0.1) is 0 Å². The van der Waals surface area contributed by atoms with Crippen molar-refractivity contribution < 1.29 is 9.53 Å². The van der Waals surface area contributed by atoms with Gasteiger partial charge in [0.25, 0.3) is 0 Å². The first-order valence-electron chi connectivity index (χ1n) is 4.32. The minimum absolute atomic E-state index is 0.239. The second-order valence-electron chi connectivity index (χ2n) is 2.85. The van der Waals surface area contributed by atoms with E-state index in [0.29, 0.717) is 0 Å². The summed E-state index contributed by atoms with van der Waals surface area (Å²) in [7, 11) is 1.38. The fraction of sp³-hybridized carbons (Fsp3) is 0.182. The lowest BCUT2D eigenvalue weighted by molar-refractivity contribution is -0.139. The number of hydrogen-bond donors (Lipinski definition) is 0. The number of carbonyl (C=O) groups is 1. The molecule has 0 amide bonds. The zero-order valence-electron chi connectivity index (χ0n) is 8.17. The van der Waals surface area contributed by atoms with Crippen molar-refractivity contribution in [3.8, 4) is 0 Å². The molecule has 0 bridgehead atoms. The van der Waals surface area contributed by atoms with Gasteiger partial charge >= 0.3 is 5.97 Å². The van der Waals surface area contributed by atoms with Crippen LogP contribution in [0.2, 0.25) is 0 Å². The van der Waals surface area contributed by atoms with Gasteiger partial charge in [0.05, 0.1) is 13.5 Å². The molecular weight excluding hydrogens is 324 g/mol. The third-order valence-corrected chi connectivity index (χ3v) is 2.98. The Morgan fingerprint density at radius 3 is 2.87 bits per heavy atom. The van der Waals surface area contributed by atoms with Gasteiger partial charge < -0.3 is 4.74 Å². The average molecular weight is 334 g/mol. The van der Waals surface area contributed by atoms with Gasteiger partial charge in [-0.3, -0.25) is 4.79 Å². The fourth-order valence-corrected chi connectivity index (χ4v) is 1.77. The van der Waals surface area contributed by atoms with Crippen molar-refractivity contribution >= 4 is 43.9 Å². The highest BCUT2D eigenvalue weighted by atomic mass is 79.9. The molecule has 0 atom stereocenters. The zero-order valence-corrected chi connectivity index (χ0v) is 11.3. The van der Waals surface area contributed by atoms with Crippen LogP contribution in [0.25, 0.3) is 6.08 Å². The van der Waals surface area contributed by atoms with E-state index in [-0.39, 0.29) is 12.4 Å². The van der Waals surface area contributed by atoms with Crippen molar-refractivity contribution in [2.24, 2.45) is 0 Å². The number of hydrogen-bond acceptors (Lipinski definition) is 2. The lowest BCUT2D eigenvalue weighted by atomic mass is 10.2. The normalized spacial score (nSPS) is 10.6. The van der Waals surface area contributed by atoms with Gasteiger partial charge in [-0.1, -0.05) is 44.0 Å². The molecule has 1 aromatic rings. The van der Waals surface area contributed by atoms with Gasteiger partial charge in [-0.25, -0.2) is 0 Å². The standard InChI is InChI=1S/C11H10Br2O2/c1-15-11(14)4-2-3-8-7-9(12)5-6-10(8)13/h2-3,5-7H,4H2,1H3. The molecule has 1 aromatic carbocycles.